The van der Waals surface area contributed by atoms with Gasteiger partial charge >= 0.3 is 5.97 Å². The van der Waals surface area contributed by atoms with Crippen LogP contribution in [0.1, 0.15) is 43.1 Å². The summed E-state index contributed by atoms with van der Waals surface area (Å²) < 4.78 is 10.5. The Morgan fingerprint density at radius 1 is 1.00 bits per heavy atom. The van der Waals surface area contributed by atoms with E-state index in [2.05, 4.69) is 10.5 Å². The van der Waals surface area contributed by atoms with Gasteiger partial charge in [0.1, 0.15) is 5.75 Å². The number of carbonyl (C=O) groups excluding carboxylic acids is 2. The van der Waals surface area contributed by atoms with Gasteiger partial charge in [-0.1, -0.05) is 51.1 Å². The maximum absolute atomic E-state index is 12.1. The van der Waals surface area contributed by atoms with Crippen molar-refractivity contribution in [1.29, 1.82) is 0 Å². The molecule has 6 heteroatoms. The lowest BCUT2D eigenvalue weighted by atomic mass is 10.0. The maximum atomic E-state index is 12.1. The van der Waals surface area contributed by atoms with Crippen LogP contribution >= 0.6 is 0 Å². The first-order valence-electron chi connectivity index (χ1n) is 9.33. The summed E-state index contributed by atoms with van der Waals surface area (Å²) in [6, 6.07) is 16.2. The SMILES string of the molecule is CCCOC(=O)c1ccc(OCC(=O)N/N=C(/c2ccccc2)C(C)C)cc1. The molecule has 2 rings (SSSR count). The van der Waals surface area contributed by atoms with Gasteiger partial charge in [0.05, 0.1) is 17.9 Å². The Kier molecular flexibility index (Phi) is 8.21. The van der Waals surface area contributed by atoms with Crippen LogP contribution in [0.2, 0.25) is 0 Å². The number of hydrazone groups is 1. The normalized spacial score (nSPS) is 11.2. The number of carbonyl (C=O) groups is 2. The lowest BCUT2D eigenvalue weighted by molar-refractivity contribution is -0.123. The highest BCUT2D eigenvalue weighted by atomic mass is 16.5. The average Bonchev–Trinajstić information content (AvgIpc) is 2.71. The molecule has 0 aliphatic carbocycles. The highest BCUT2D eigenvalue weighted by Crippen LogP contribution is 2.13. The molecule has 148 valence electrons. The predicted octanol–water partition coefficient (Wildman–Crippen LogP) is 3.81. The highest BCUT2D eigenvalue weighted by molar-refractivity contribution is 6.02. The van der Waals surface area contributed by atoms with Crippen molar-refractivity contribution in [2.45, 2.75) is 27.2 Å². The standard InChI is InChI=1S/C22H26N2O4/c1-4-14-27-22(26)18-10-12-19(13-11-18)28-15-20(25)23-24-21(16(2)3)17-8-6-5-7-9-17/h5-13,16H,4,14-15H2,1-3H3,(H,23,25)/b24-21+. The van der Waals surface area contributed by atoms with E-state index in [-0.39, 0.29) is 24.4 Å². The van der Waals surface area contributed by atoms with Gasteiger partial charge in [0.25, 0.3) is 5.91 Å². The number of amides is 1. The van der Waals surface area contributed by atoms with E-state index >= 15 is 0 Å². The van der Waals surface area contributed by atoms with Gasteiger partial charge in [-0.2, -0.15) is 5.10 Å². The van der Waals surface area contributed by atoms with Gasteiger partial charge in [0.2, 0.25) is 0 Å². The van der Waals surface area contributed by atoms with E-state index in [1.807, 2.05) is 51.1 Å². The molecular formula is C22H26N2O4. The Morgan fingerprint density at radius 2 is 1.68 bits per heavy atom. The average molecular weight is 382 g/mol. The lowest BCUT2D eigenvalue weighted by Gasteiger charge is -2.11. The summed E-state index contributed by atoms with van der Waals surface area (Å²) in [6.45, 7) is 6.18. The van der Waals surface area contributed by atoms with Gasteiger partial charge in [0, 0.05) is 0 Å². The van der Waals surface area contributed by atoms with Crippen LogP contribution in [-0.4, -0.2) is 30.8 Å². The van der Waals surface area contributed by atoms with Crippen molar-refractivity contribution < 1.29 is 19.1 Å². The lowest BCUT2D eigenvalue weighted by Crippen LogP contribution is -2.27. The van der Waals surface area contributed by atoms with E-state index in [0.29, 0.717) is 17.9 Å². The quantitative estimate of drug-likeness (QED) is 0.406. The third-order valence-corrected chi connectivity index (χ3v) is 3.81. The van der Waals surface area contributed by atoms with Gasteiger partial charge in [-0.25, -0.2) is 10.2 Å². The van der Waals surface area contributed by atoms with Crippen LogP contribution in [0.5, 0.6) is 5.75 Å². The molecule has 0 saturated carbocycles. The van der Waals surface area contributed by atoms with E-state index in [4.69, 9.17) is 9.47 Å². The van der Waals surface area contributed by atoms with E-state index in [9.17, 15) is 9.59 Å². The van der Waals surface area contributed by atoms with Crippen LogP contribution in [0.25, 0.3) is 0 Å². The Balaban J connectivity index is 1.88. The minimum Gasteiger partial charge on any atom is -0.484 e. The molecular weight excluding hydrogens is 356 g/mol. The molecule has 0 fully saturated rings. The minimum atomic E-state index is -0.373. The summed E-state index contributed by atoms with van der Waals surface area (Å²) in [5.41, 5.74) is 4.74. The van der Waals surface area contributed by atoms with Crippen LogP contribution in [-0.2, 0) is 9.53 Å². The molecule has 6 nitrogen and oxygen atoms in total. The molecule has 0 unspecified atom stereocenters. The number of hydrogen-bond acceptors (Lipinski definition) is 5. The smallest absolute Gasteiger partial charge is 0.338 e. The van der Waals surface area contributed by atoms with Gasteiger partial charge < -0.3 is 9.47 Å². The molecule has 0 bridgehead atoms. The van der Waals surface area contributed by atoms with Crippen molar-refractivity contribution in [1.82, 2.24) is 5.43 Å². The second kappa shape index (κ2) is 10.9. The second-order valence-corrected chi connectivity index (χ2v) is 6.50. The number of ether oxygens (including phenoxy) is 2. The molecule has 0 atom stereocenters. The minimum absolute atomic E-state index is 0.156. The van der Waals surface area contributed by atoms with E-state index < -0.39 is 0 Å². The maximum Gasteiger partial charge on any atom is 0.338 e. The monoisotopic (exact) mass is 382 g/mol. The molecule has 0 saturated heterocycles. The van der Waals surface area contributed by atoms with Crippen LogP contribution in [0.15, 0.2) is 59.7 Å². The fourth-order valence-electron chi connectivity index (χ4n) is 2.40. The summed E-state index contributed by atoms with van der Waals surface area (Å²) in [4.78, 5) is 23.8. The zero-order valence-electron chi connectivity index (χ0n) is 16.5. The summed E-state index contributed by atoms with van der Waals surface area (Å²) in [6.07, 6.45) is 0.771. The molecule has 2 aromatic carbocycles. The van der Waals surface area contributed by atoms with Crippen LogP contribution in [0.4, 0.5) is 0 Å². The van der Waals surface area contributed by atoms with Crippen molar-refractivity contribution in [3.8, 4) is 5.75 Å². The molecule has 1 N–H and O–H groups in total. The van der Waals surface area contributed by atoms with Crippen molar-refractivity contribution in [2.24, 2.45) is 11.0 Å². The number of nitrogens with zero attached hydrogens (tertiary/aromatic N) is 1. The Labute approximate surface area is 165 Å². The first-order chi connectivity index (χ1) is 13.5. The predicted molar refractivity (Wildman–Crippen MR) is 108 cm³/mol. The van der Waals surface area contributed by atoms with E-state index in [1.165, 1.54) is 0 Å². The Hall–Kier alpha value is -3.15. The van der Waals surface area contributed by atoms with Crippen molar-refractivity contribution in [2.75, 3.05) is 13.2 Å². The summed E-state index contributed by atoms with van der Waals surface area (Å²) in [7, 11) is 0. The molecule has 0 radical (unpaired) electrons. The van der Waals surface area contributed by atoms with Crippen molar-refractivity contribution >= 4 is 17.6 Å². The molecule has 0 aromatic heterocycles. The molecule has 28 heavy (non-hydrogen) atoms. The fraction of sp³-hybridized carbons (Fsp3) is 0.318. The second-order valence-electron chi connectivity index (χ2n) is 6.50. The number of rotatable bonds is 9. The molecule has 0 aliphatic heterocycles. The van der Waals surface area contributed by atoms with Crippen LogP contribution in [0.3, 0.4) is 0 Å². The highest BCUT2D eigenvalue weighted by Gasteiger charge is 2.10. The van der Waals surface area contributed by atoms with E-state index in [0.717, 1.165) is 17.7 Å². The topological polar surface area (TPSA) is 77.0 Å². The fourth-order valence-corrected chi connectivity index (χ4v) is 2.40. The summed E-state index contributed by atoms with van der Waals surface area (Å²) in [5.74, 6) is -0.0925. The van der Waals surface area contributed by atoms with Gasteiger partial charge in [-0.05, 0) is 42.2 Å². The third-order valence-electron chi connectivity index (χ3n) is 3.81. The largest absolute Gasteiger partial charge is 0.484 e. The van der Waals surface area contributed by atoms with Crippen molar-refractivity contribution in [3.63, 3.8) is 0 Å². The number of nitrogens with one attached hydrogen (secondary N) is 1. The molecule has 2 aromatic rings. The summed E-state index contributed by atoms with van der Waals surface area (Å²) in [5, 5.41) is 4.25. The van der Waals surface area contributed by atoms with E-state index in [1.54, 1.807) is 24.3 Å². The van der Waals surface area contributed by atoms with Crippen LogP contribution < -0.4 is 10.2 Å². The van der Waals surface area contributed by atoms with Crippen molar-refractivity contribution in [3.05, 3.63) is 65.7 Å². The first-order valence-corrected chi connectivity index (χ1v) is 9.33. The molecule has 0 heterocycles. The van der Waals surface area contributed by atoms with Gasteiger partial charge in [0.15, 0.2) is 6.61 Å². The number of hydrogen-bond donors (Lipinski definition) is 1. The Bertz CT molecular complexity index is 799. The molecule has 0 spiro atoms. The molecule has 0 aliphatic rings. The third kappa shape index (κ3) is 6.54. The number of esters is 1. The van der Waals surface area contributed by atoms with Crippen LogP contribution in [0, 0.1) is 5.92 Å². The summed E-state index contributed by atoms with van der Waals surface area (Å²) >= 11 is 0. The zero-order valence-corrected chi connectivity index (χ0v) is 16.5. The van der Waals surface area contributed by atoms with Gasteiger partial charge in [-0.3, -0.25) is 4.79 Å². The van der Waals surface area contributed by atoms with Gasteiger partial charge in [-0.15, -0.1) is 0 Å². The Morgan fingerprint density at radius 3 is 2.29 bits per heavy atom. The first kappa shape index (κ1) is 21.2. The zero-order chi connectivity index (χ0) is 20.4. The molecule has 1 amide bonds. The number of benzene rings is 2.